The van der Waals surface area contributed by atoms with E-state index in [2.05, 4.69) is 10.2 Å². The van der Waals surface area contributed by atoms with Crippen molar-refractivity contribution in [2.45, 2.75) is 44.7 Å². The van der Waals surface area contributed by atoms with Gasteiger partial charge < -0.3 is 5.32 Å². The molecule has 1 N–H and O–H groups in total. The molecule has 0 spiro atoms. The van der Waals surface area contributed by atoms with Gasteiger partial charge in [0.25, 0.3) is 0 Å². The summed E-state index contributed by atoms with van der Waals surface area (Å²) in [7, 11) is 0. The lowest BCUT2D eigenvalue weighted by Crippen LogP contribution is -2.42. The standard InChI is InChI=1S/C11H18N2O2/c1-8(14)7-11(15)12-9-4-6-13-5-2-3-10(9)13/h9-10H,2-7H2,1H3,(H,12,15). The van der Waals surface area contributed by atoms with Gasteiger partial charge in [-0.15, -0.1) is 0 Å². The van der Waals surface area contributed by atoms with Gasteiger partial charge in [-0.1, -0.05) is 0 Å². The Labute approximate surface area is 90.0 Å². The van der Waals surface area contributed by atoms with Crippen LogP contribution >= 0.6 is 0 Å². The molecule has 0 aromatic carbocycles. The summed E-state index contributed by atoms with van der Waals surface area (Å²) in [5.74, 6) is -0.171. The molecule has 2 aliphatic heterocycles. The highest BCUT2D eigenvalue weighted by Gasteiger charge is 2.37. The molecule has 15 heavy (non-hydrogen) atoms. The Hall–Kier alpha value is -0.900. The van der Waals surface area contributed by atoms with Crippen molar-refractivity contribution >= 4 is 11.7 Å². The largest absolute Gasteiger partial charge is 0.351 e. The number of hydrogen-bond donors (Lipinski definition) is 1. The zero-order valence-corrected chi connectivity index (χ0v) is 9.16. The molecule has 1 amide bonds. The first-order valence-corrected chi connectivity index (χ1v) is 5.69. The van der Waals surface area contributed by atoms with Crippen molar-refractivity contribution in [2.75, 3.05) is 13.1 Å². The van der Waals surface area contributed by atoms with E-state index in [1.54, 1.807) is 0 Å². The maximum atomic E-state index is 11.4. The fraction of sp³-hybridized carbons (Fsp3) is 0.818. The van der Waals surface area contributed by atoms with Crippen LogP contribution in [-0.2, 0) is 9.59 Å². The highest BCUT2D eigenvalue weighted by Crippen LogP contribution is 2.27. The van der Waals surface area contributed by atoms with Gasteiger partial charge in [-0.2, -0.15) is 0 Å². The van der Waals surface area contributed by atoms with Crippen LogP contribution in [-0.4, -0.2) is 41.8 Å². The van der Waals surface area contributed by atoms with Gasteiger partial charge in [0.1, 0.15) is 5.78 Å². The quantitative estimate of drug-likeness (QED) is 0.682. The van der Waals surface area contributed by atoms with E-state index in [4.69, 9.17) is 0 Å². The van der Waals surface area contributed by atoms with E-state index >= 15 is 0 Å². The summed E-state index contributed by atoms with van der Waals surface area (Å²) in [5.41, 5.74) is 0. The molecule has 0 aromatic rings. The first kappa shape index (κ1) is 10.6. The molecule has 2 unspecified atom stereocenters. The SMILES string of the molecule is CC(=O)CC(=O)NC1CCN2CCCC12. The summed E-state index contributed by atoms with van der Waals surface area (Å²) in [6.07, 6.45) is 3.49. The minimum absolute atomic E-state index is 0.0310. The Bertz CT molecular complexity index is 278. The van der Waals surface area contributed by atoms with E-state index in [0.717, 1.165) is 13.0 Å². The van der Waals surface area contributed by atoms with Gasteiger partial charge in [-0.25, -0.2) is 0 Å². The molecule has 4 heteroatoms. The van der Waals surface area contributed by atoms with Crippen LogP contribution in [0.1, 0.15) is 32.6 Å². The molecule has 0 aromatic heterocycles. The van der Waals surface area contributed by atoms with Crippen LogP contribution in [0.25, 0.3) is 0 Å². The highest BCUT2D eigenvalue weighted by molar-refractivity contribution is 5.96. The maximum absolute atomic E-state index is 11.4. The molecule has 0 bridgehead atoms. The number of carbonyl (C=O) groups excluding carboxylic acids is 2. The summed E-state index contributed by atoms with van der Waals surface area (Å²) in [5, 5.41) is 2.98. The van der Waals surface area contributed by atoms with Crippen LogP contribution in [0.2, 0.25) is 0 Å². The number of fused-ring (bicyclic) bond motifs is 1. The summed E-state index contributed by atoms with van der Waals surface area (Å²) < 4.78 is 0. The van der Waals surface area contributed by atoms with Crippen molar-refractivity contribution in [1.82, 2.24) is 10.2 Å². The van der Waals surface area contributed by atoms with Crippen LogP contribution in [0.5, 0.6) is 0 Å². The third kappa shape index (κ3) is 2.37. The van der Waals surface area contributed by atoms with E-state index in [9.17, 15) is 9.59 Å². The second-order valence-electron chi connectivity index (χ2n) is 4.59. The van der Waals surface area contributed by atoms with Crippen molar-refractivity contribution < 1.29 is 9.59 Å². The lowest BCUT2D eigenvalue weighted by atomic mass is 10.1. The van der Waals surface area contributed by atoms with Crippen molar-refractivity contribution in [3.8, 4) is 0 Å². The molecule has 2 rings (SSSR count). The Morgan fingerprint density at radius 1 is 1.33 bits per heavy atom. The number of carbonyl (C=O) groups is 2. The van der Waals surface area contributed by atoms with E-state index in [1.807, 2.05) is 0 Å². The van der Waals surface area contributed by atoms with Crippen LogP contribution in [0.15, 0.2) is 0 Å². The van der Waals surface area contributed by atoms with Gasteiger partial charge in [-0.3, -0.25) is 14.5 Å². The van der Waals surface area contributed by atoms with Crippen LogP contribution in [0, 0.1) is 0 Å². The molecule has 0 saturated carbocycles. The zero-order chi connectivity index (χ0) is 10.8. The van der Waals surface area contributed by atoms with Crippen molar-refractivity contribution in [3.63, 3.8) is 0 Å². The average molecular weight is 210 g/mol. The lowest BCUT2D eigenvalue weighted by molar-refractivity contribution is -0.127. The summed E-state index contributed by atoms with van der Waals surface area (Å²) in [4.78, 5) is 24.7. The second kappa shape index (κ2) is 4.31. The molecular weight excluding hydrogens is 192 g/mol. The van der Waals surface area contributed by atoms with Gasteiger partial charge in [0.2, 0.25) is 5.91 Å². The van der Waals surface area contributed by atoms with Gasteiger partial charge >= 0.3 is 0 Å². The molecule has 2 aliphatic rings. The highest BCUT2D eigenvalue weighted by atomic mass is 16.2. The van der Waals surface area contributed by atoms with Gasteiger partial charge in [-0.05, 0) is 32.7 Å². The molecule has 2 fully saturated rings. The molecular formula is C11H18N2O2. The van der Waals surface area contributed by atoms with E-state index in [-0.39, 0.29) is 24.2 Å². The Morgan fingerprint density at radius 2 is 2.13 bits per heavy atom. The fourth-order valence-corrected chi connectivity index (χ4v) is 2.73. The number of hydrogen-bond acceptors (Lipinski definition) is 3. The Balaban J connectivity index is 1.84. The zero-order valence-electron chi connectivity index (χ0n) is 9.16. The number of amides is 1. The van der Waals surface area contributed by atoms with Gasteiger partial charge in [0, 0.05) is 18.6 Å². The van der Waals surface area contributed by atoms with Crippen LogP contribution < -0.4 is 5.32 Å². The summed E-state index contributed by atoms with van der Waals surface area (Å²) >= 11 is 0. The average Bonchev–Trinajstić information content (AvgIpc) is 2.68. The summed E-state index contributed by atoms with van der Waals surface area (Å²) in [6.45, 7) is 3.72. The molecule has 84 valence electrons. The number of ketones is 1. The lowest BCUT2D eigenvalue weighted by Gasteiger charge is -2.20. The molecule has 2 atom stereocenters. The smallest absolute Gasteiger partial charge is 0.227 e. The Morgan fingerprint density at radius 3 is 2.87 bits per heavy atom. The number of rotatable bonds is 3. The van der Waals surface area contributed by atoms with Crippen LogP contribution in [0.4, 0.5) is 0 Å². The van der Waals surface area contributed by atoms with Gasteiger partial charge in [0.05, 0.1) is 6.42 Å². The van der Waals surface area contributed by atoms with Crippen molar-refractivity contribution in [1.29, 1.82) is 0 Å². The molecule has 2 heterocycles. The minimum Gasteiger partial charge on any atom is -0.351 e. The second-order valence-corrected chi connectivity index (χ2v) is 4.59. The third-order valence-electron chi connectivity index (χ3n) is 3.36. The predicted octanol–water partition coefficient (Wildman–Crippen LogP) is 0.318. The topological polar surface area (TPSA) is 49.4 Å². The first-order valence-electron chi connectivity index (χ1n) is 5.69. The summed E-state index contributed by atoms with van der Waals surface area (Å²) in [6, 6.07) is 0.806. The molecule has 4 nitrogen and oxygen atoms in total. The van der Waals surface area contributed by atoms with E-state index < -0.39 is 0 Å². The monoisotopic (exact) mass is 210 g/mol. The van der Waals surface area contributed by atoms with Gasteiger partial charge in [0.15, 0.2) is 0 Å². The number of nitrogens with one attached hydrogen (secondary N) is 1. The molecule has 0 aliphatic carbocycles. The maximum Gasteiger partial charge on any atom is 0.227 e. The van der Waals surface area contributed by atoms with Crippen LogP contribution in [0.3, 0.4) is 0 Å². The van der Waals surface area contributed by atoms with E-state index in [0.29, 0.717) is 6.04 Å². The third-order valence-corrected chi connectivity index (χ3v) is 3.36. The van der Waals surface area contributed by atoms with Crippen molar-refractivity contribution in [3.05, 3.63) is 0 Å². The van der Waals surface area contributed by atoms with Crippen molar-refractivity contribution in [2.24, 2.45) is 0 Å². The molecule has 0 radical (unpaired) electrons. The first-order chi connectivity index (χ1) is 7.16. The number of Topliss-reactive ketones (excluding diaryl/α,β-unsaturated/α-hetero) is 1. The predicted molar refractivity (Wildman–Crippen MR) is 56.4 cm³/mol. The normalized spacial score (nSPS) is 30.2. The minimum atomic E-state index is -0.110. The molecule has 2 saturated heterocycles. The number of nitrogens with zero attached hydrogens (tertiary/aromatic N) is 1. The fourth-order valence-electron chi connectivity index (χ4n) is 2.73. The Kier molecular flexibility index (Phi) is 3.05. The van der Waals surface area contributed by atoms with E-state index in [1.165, 1.54) is 26.3 Å².